The first-order valence-corrected chi connectivity index (χ1v) is 9.28. The van der Waals surface area contributed by atoms with Gasteiger partial charge in [-0.15, -0.1) is 0 Å². The molecule has 0 radical (unpaired) electrons. The topological polar surface area (TPSA) is 74.9 Å². The maximum atomic E-state index is 13.3. The van der Waals surface area contributed by atoms with Crippen molar-refractivity contribution < 1.29 is 24.5 Å². The van der Waals surface area contributed by atoms with Crippen LogP contribution in [0.15, 0.2) is 42.5 Å². The Labute approximate surface area is 172 Å². The maximum Gasteiger partial charge on any atom is 0.245 e. The highest BCUT2D eigenvalue weighted by atomic mass is 16.7. The molecule has 3 aliphatic heterocycles. The molecule has 0 bridgehead atoms. The second-order valence-electron chi connectivity index (χ2n) is 7.40. The number of ether oxygens (including phenoxy) is 2. The number of hydrogen-bond donors (Lipinski definition) is 1. The van der Waals surface area contributed by atoms with Crippen LogP contribution in [0, 0.1) is 0 Å². The number of H-pyrrole nitrogens is 1. The largest absolute Gasteiger partial charge is 0.454 e. The zero-order valence-corrected chi connectivity index (χ0v) is 15.4. The molecular formula is C22H19N3O4. The fourth-order valence-electron chi connectivity index (χ4n) is 4.35. The lowest BCUT2D eigenvalue weighted by atomic mass is 9.86. The van der Waals surface area contributed by atoms with Crippen molar-refractivity contribution in [3.63, 3.8) is 0 Å². The van der Waals surface area contributed by atoms with Crippen molar-refractivity contribution in [1.29, 1.82) is 0 Å². The molecule has 0 saturated carbocycles. The number of aromatic amines is 1. The normalized spacial score (nSPS) is 28.3. The zero-order valence-electron chi connectivity index (χ0n) is 19.4. The van der Waals surface area contributed by atoms with Crippen molar-refractivity contribution in [3.05, 3.63) is 59.3 Å². The highest BCUT2D eigenvalue weighted by Crippen LogP contribution is 2.44. The summed E-state index contributed by atoms with van der Waals surface area (Å²) in [6, 6.07) is 9.91. The standard InChI is InChI=1S/C22H19N3O4/c1-24-10-19(26)25-16(22(24)27)9-14-13-4-2-3-5-15(13)23-20(14)21(25)12-6-7-17-18(8-12)29-11-28-17/h2-8,16,21,23H,9-11H2,1H3/t16-,21?/m1/s1/i9D2,11D2. The number of para-hydroxylation sites is 1. The minimum atomic E-state index is -2.31. The molecule has 2 amide bonds. The summed E-state index contributed by atoms with van der Waals surface area (Å²) in [6.07, 6.45) is -2.14. The van der Waals surface area contributed by atoms with Crippen LogP contribution in [0.3, 0.4) is 0 Å². The zero-order chi connectivity index (χ0) is 23.3. The van der Waals surface area contributed by atoms with E-state index in [1.54, 1.807) is 30.3 Å². The van der Waals surface area contributed by atoms with Crippen LogP contribution in [0.1, 0.15) is 28.3 Å². The van der Waals surface area contributed by atoms with Gasteiger partial charge in [0.2, 0.25) is 18.6 Å². The predicted molar refractivity (Wildman–Crippen MR) is 105 cm³/mol. The number of carbonyl (C=O) groups is 2. The van der Waals surface area contributed by atoms with Crippen LogP contribution in [0.4, 0.5) is 0 Å². The predicted octanol–water partition coefficient (Wildman–Crippen LogP) is 2.21. The van der Waals surface area contributed by atoms with E-state index in [0.29, 0.717) is 27.7 Å². The van der Waals surface area contributed by atoms with Crippen molar-refractivity contribution in [2.45, 2.75) is 18.5 Å². The SMILES string of the molecule is [2H]C1([2H])Oc2ccc(C3c4[nH]c5ccccc5c4C([2H])([2H])[C@@H]4C(=O)N(C)CC(=O)N34)cc2O1. The van der Waals surface area contributed by atoms with Crippen LogP contribution in [-0.2, 0) is 16.0 Å². The molecule has 1 N–H and O–H groups in total. The van der Waals surface area contributed by atoms with E-state index in [0.717, 1.165) is 0 Å². The average Bonchev–Trinajstić information content (AvgIpc) is 3.27. The Hall–Kier alpha value is -3.48. The summed E-state index contributed by atoms with van der Waals surface area (Å²) in [5, 5.41) is 0.646. The number of nitrogens with one attached hydrogen (secondary N) is 1. The number of benzene rings is 2. The number of aromatic nitrogens is 1. The maximum absolute atomic E-state index is 13.3. The smallest absolute Gasteiger partial charge is 0.245 e. The van der Waals surface area contributed by atoms with E-state index in [1.165, 1.54) is 16.8 Å². The summed E-state index contributed by atoms with van der Waals surface area (Å²) >= 11 is 0. The fraction of sp³-hybridized carbons (Fsp3) is 0.273. The first-order valence-electron chi connectivity index (χ1n) is 11.3. The second-order valence-corrected chi connectivity index (χ2v) is 7.40. The van der Waals surface area contributed by atoms with Crippen LogP contribution in [-0.4, -0.2) is 53.0 Å². The summed E-state index contributed by atoms with van der Waals surface area (Å²) in [5.74, 6) is -0.455. The highest BCUT2D eigenvalue weighted by Gasteiger charge is 2.47. The Morgan fingerprint density at radius 3 is 2.86 bits per heavy atom. The van der Waals surface area contributed by atoms with Crippen LogP contribution in [0.5, 0.6) is 11.5 Å². The molecule has 0 aliphatic carbocycles. The minimum Gasteiger partial charge on any atom is -0.454 e. The minimum absolute atomic E-state index is 0.162. The Morgan fingerprint density at radius 1 is 1.14 bits per heavy atom. The van der Waals surface area contributed by atoms with Crippen LogP contribution < -0.4 is 9.47 Å². The highest BCUT2D eigenvalue weighted by molar-refractivity contribution is 5.97. The summed E-state index contributed by atoms with van der Waals surface area (Å²) in [7, 11) is 1.50. The first kappa shape index (κ1) is 12.9. The number of hydrogen-bond acceptors (Lipinski definition) is 4. The molecular weight excluding hydrogens is 370 g/mol. The molecule has 7 nitrogen and oxygen atoms in total. The number of fused-ring (bicyclic) bond motifs is 5. The third-order valence-corrected chi connectivity index (χ3v) is 5.70. The molecule has 2 atom stereocenters. The van der Waals surface area contributed by atoms with Crippen LogP contribution in [0.25, 0.3) is 10.9 Å². The first-order chi connectivity index (χ1) is 15.6. The van der Waals surface area contributed by atoms with Gasteiger partial charge in [-0.3, -0.25) is 9.59 Å². The third kappa shape index (κ3) is 2.24. The number of carbonyl (C=O) groups excluding carboxylic acids is 2. The quantitative estimate of drug-likeness (QED) is 0.688. The average molecular weight is 393 g/mol. The molecule has 1 aromatic heterocycles. The van der Waals surface area contributed by atoms with E-state index in [-0.39, 0.29) is 24.0 Å². The van der Waals surface area contributed by atoms with Gasteiger partial charge in [-0.25, -0.2) is 0 Å². The van der Waals surface area contributed by atoms with Crippen molar-refractivity contribution in [2.24, 2.45) is 0 Å². The number of amides is 2. The van der Waals surface area contributed by atoms with Crippen molar-refractivity contribution >= 4 is 22.7 Å². The number of likely N-dealkylation sites (N-methyl/N-ethyl adjacent to an activating group) is 1. The van der Waals surface area contributed by atoms with Gasteiger partial charge in [-0.2, -0.15) is 0 Å². The Balaban J connectivity index is 1.62. The summed E-state index contributed by atoms with van der Waals surface area (Å²) in [6.45, 7) is -2.47. The monoisotopic (exact) mass is 393 g/mol. The Bertz CT molecular complexity index is 1350. The van der Waals surface area contributed by atoms with Crippen LogP contribution >= 0.6 is 0 Å². The third-order valence-electron chi connectivity index (χ3n) is 5.70. The van der Waals surface area contributed by atoms with Crippen molar-refractivity contribution in [1.82, 2.24) is 14.8 Å². The van der Waals surface area contributed by atoms with Gasteiger partial charge in [0.1, 0.15) is 8.78 Å². The number of piperazine rings is 1. The van der Waals surface area contributed by atoms with Crippen molar-refractivity contribution in [2.75, 3.05) is 20.3 Å². The Morgan fingerprint density at radius 2 is 1.97 bits per heavy atom. The van der Waals surface area contributed by atoms with Crippen LogP contribution in [0.2, 0.25) is 0 Å². The molecule has 1 unspecified atom stereocenters. The lowest BCUT2D eigenvalue weighted by Crippen LogP contribution is -2.62. The molecule has 3 aliphatic rings. The van der Waals surface area contributed by atoms with E-state index in [1.807, 2.05) is 12.1 Å². The summed E-state index contributed by atoms with van der Waals surface area (Å²) in [5.41, 5.74) is 2.06. The summed E-state index contributed by atoms with van der Waals surface area (Å²) in [4.78, 5) is 32.3. The van der Waals surface area contributed by atoms with E-state index >= 15 is 0 Å². The van der Waals surface area contributed by atoms with E-state index in [2.05, 4.69) is 4.98 Å². The number of nitrogens with zero attached hydrogens (tertiary/aromatic N) is 2. The molecule has 0 spiro atoms. The van der Waals surface area contributed by atoms with Gasteiger partial charge in [-0.1, -0.05) is 24.3 Å². The van der Waals surface area contributed by atoms with Gasteiger partial charge in [-0.05, 0) is 29.3 Å². The van der Waals surface area contributed by atoms with Gasteiger partial charge < -0.3 is 24.3 Å². The lowest BCUT2D eigenvalue weighted by molar-refractivity contribution is -0.157. The molecule has 2 aromatic carbocycles. The number of rotatable bonds is 1. The molecule has 6 rings (SSSR count). The molecule has 29 heavy (non-hydrogen) atoms. The molecule has 1 fully saturated rings. The fourth-order valence-corrected chi connectivity index (χ4v) is 4.35. The Kier molecular flexibility index (Phi) is 2.56. The molecule has 3 aromatic rings. The van der Waals surface area contributed by atoms with Gasteiger partial charge in [0.25, 0.3) is 0 Å². The van der Waals surface area contributed by atoms with E-state index in [4.69, 9.17) is 15.0 Å². The van der Waals surface area contributed by atoms with Gasteiger partial charge >= 0.3 is 0 Å². The molecule has 1 saturated heterocycles. The second kappa shape index (κ2) is 5.76. The lowest BCUT2D eigenvalue weighted by Gasteiger charge is -2.46. The van der Waals surface area contributed by atoms with Gasteiger partial charge in [0.15, 0.2) is 11.5 Å². The van der Waals surface area contributed by atoms with Crippen molar-refractivity contribution in [3.8, 4) is 11.5 Å². The molecule has 7 heteroatoms. The van der Waals surface area contributed by atoms with Gasteiger partial charge in [0, 0.05) is 32.8 Å². The van der Waals surface area contributed by atoms with Gasteiger partial charge in [0.05, 0.1) is 12.6 Å². The van der Waals surface area contributed by atoms with E-state index < -0.39 is 31.1 Å². The summed E-state index contributed by atoms with van der Waals surface area (Å²) < 4.78 is 43.8. The molecule has 4 heterocycles. The molecule has 146 valence electrons. The van der Waals surface area contributed by atoms with E-state index in [9.17, 15) is 9.59 Å².